The number of hydrogen-bond acceptors (Lipinski definition) is 1. The fourth-order valence-electron chi connectivity index (χ4n) is 3.63. The van der Waals surface area contributed by atoms with Gasteiger partial charge in [-0.25, -0.2) is 0 Å². The Bertz CT molecular complexity index is 352. The van der Waals surface area contributed by atoms with Crippen molar-refractivity contribution in [1.82, 2.24) is 0 Å². The van der Waals surface area contributed by atoms with Crippen LogP contribution in [0.1, 0.15) is 37.7 Å². The summed E-state index contributed by atoms with van der Waals surface area (Å²) >= 11 is 0. The molecule has 0 radical (unpaired) electrons. The first kappa shape index (κ1) is 11.1. The van der Waals surface area contributed by atoms with Gasteiger partial charge < -0.3 is 5.32 Å². The van der Waals surface area contributed by atoms with Crippen LogP contribution in [0.3, 0.4) is 0 Å². The Morgan fingerprint density at radius 3 is 2.29 bits per heavy atom. The second kappa shape index (κ2) is 4.72. The molecule has 92 valence electrons. The van der Waals surface area contributed by atoms with E-state index in [1.807, 2.05) is 0 Å². The lowest BCUT2D eigenvalue weighted by Gasteiger charge is -2.45. The summed E-state index contributed by atoms with van der Waals surface area (Å²) in [6.45, 7) is 3.28. The SMILES string of the molecule is Cc1ccc(NCCC2CC3CC(C2)C3)cc1. The highest BCUT2D eigenvalue weighted by molar-refractivity contribution is 5.44. The topological polar surface area (TPSA) is 12.0 Å². The second-order valence-electron chi connectivity index (χ2n) is 6.12. The number of fused-ring (bicyclic) bond motifs is 2. The van der Waals surface area contributed by atoms with Gasteiger partial charge in [0.25, 0.3) is 0 Å². The van der Waals surface area contributed by atoms with Gasteiger partial charge in [0, 0.05) is 12.2 Å². The zero-order valence-corrected chi connectivity index (χ0v) is 10.8. The number of nitrogens with one attached hydrogen (secondary N) is 1. The zero-order chi connectivity index (χ0) is 11.7. The predicted molar refractivity (Wildman–Crippen MR) is 73.2 cm³/mol. The van der Waals surface area contributed by atoms with Crippen LogP contribution in [0.15, 0.2) is 24.3 Å². The van der Waals surface area contributed by atoms with E-state index in [9.17, 15) is 0 Å². The summed E-state index contributed by atoms with van der Waals surface area (Å²) in [7, 11) is 0. The van der Waals surface area contributed by atoms with E-state index in [1.54, 1.807) is 12.8 Å². The lowest BCUT2D eigenvalue weighted by Crippen LogP contribution is -2.34. The molecule has 1 aromatic rings. The fraction of sp³-hybridized carbons (Fsp3) is 0.625. The third-order valence-electron chi connectivity index (χ3n) is 4.60. The van der Waals surface area contributed by atoms with Crippen LogP contribution in [0.2, 0.25) is 0 Å². The van der Waals surface area contributed by atoms with Gasteiger partial charge in [0.2, 0.25) is 0 Å². The molecule has 0 unspecified atom stereocenters. The van der Waals surface area contributed by atoms with Gasteiger partial charge in [-0.05, 0) is 68.9 Å². The summed E-state index contributed by atoms with van der Waals surface area (Å²) in [5.41, 5.74) is 2.61. The van der Waals surface area contributed by atoms with Crippen molar-refractivity contribution in [3.63, 3.8) is 0 Å². The van der Waals surface area contributed by atoms with Gasteiger partial charge in [-0.2, -0.15) is 0 Å². The molecule has 17 heavy (non-hydrogen) atoms. The molecular formula is C16H23N. The maximum Gasteiger partial charge on any atom is 0.0340 e. The van der Waals surface area contributed by atoms with E-state index in [-0.39, 0.29) is 0 Å². The van der Waals surface area contributed by atoms with Crippen molar-refractivity contribution >= 4 is 5.69 Å². The molecule has 0 aliphatic heterocycles. The predicted octanol–water partition coefficient (Wildman–Crippen LogP) is 4.23. The van der Waals surface area contributed by atoms with Crippen LogP contribution >= 0.6 is 0 Å². The van der Waals surface area contributed by atoms with Crippen LogP contribution in [0.5, 0.6) is 0 Å². The normalized spacial score (nSPS) is 30.8. The summed E-state index contributed by atoms with van der Waals surface area (Å²) in [4.78, 5) is 0. The standard InChI is InChI=1S/C16H23N/c1-12-2-4-16(5-3-12)17-7-6-13-8-14-10-15(9-13)11-14/h2-5,13-15,17H,6-11H2,1H3. The number of hydrogen-bond donors (Lipinski definition) is 1. The Morgan fingerprint density at radius 2 is 1.65 bits per heavy atom. The molecule has 0 saturated heterocycles. The molecule has 0 amide bonds. The summed E-state index contributed by atoms with van der Waals surface area (Å²) in [6, 6.07) is 8.73. The van der Waals surface area contributed by atoms with Crippen LogP contribution < -0.4 is 5.32 Å². The minimum absolute atomic E-state index is 1.01. The molecule has 0 heterocycles. The molecule has 2 bridgehead atoms. The molecule has 1 heteroatoms. The molecule has 3 aliphatic rings. The number of rotatable bonds is 4. The highest BCUT2D eigenvalue weighted by atomic mass is 14.9. The number of anilines is 1. The van der Waals surface area contributed by atoms with Crippen molar-refractivity contribution in [3.8, 4) is 0 Å². The van der Waals surface area contributed by atoms with E-state index in [2.05, 4.69) is 36.5 Å². The summed E-state index contributed by atoms with van der Waals surface area (Å²) < 4.78 is 0. The Labute approximate surface area is 105 Å². The summed E-state index contributed by atoms with van der Waals surface area (Å²) in [5.74, 6) is 3.20. The van der Waals surface area contributed by atoms with Crippen molar-refractivity contribution in [2.75, 3.05) is 11.9 Å². The van der Waals surface area contributed by atoms with Crippen LogP contribution in [-0.2, 0) is 0 Å². The maximum absolute atomic E-state index is 3.55. The van der Waals surface area contributed by atoms with Gasteiger partial charge in [-0.3, -0.25) is 0 Å². The zero-order valence-electron chi connectivity index (χ0n) is 10.8. The second-order valence-corrected chi connectivity index (χ2v) is 6.12. The average molecular weight is 229 g/mol. The van der Waals surface area contributed by atoms with Gasteiger partial charge in [-0.1, -0.05) is 17.7 Å². The van der Waals surface area contributed by atoms with Crippen molar-refractivity contribution in [2.24, 2.45) is 17.8 Å². The minimum Gasteiger partial charge on any atom is -0.385 e. The monoisotopic (exact) mass is 229 g/mol. The first-order valence-corrected chi connectivity index (χ1v) is 7.10. The molecule has 4 rings (SSSR count). The minimum atomic E-state index is 1.01. The van der Waals surface area contributed by atoms with Gasteiger partial charge in [0.1, 0.15) is 0 Å². The molecule has 3 fully saturated rings. The van der Waals surface area contributed by atoms with Crippen LogP contribution in [0.25, 0.3) is 0 Å². The van der Waals surface area contributed by atoms with E-state index >= 15 is 0 Å². The van der Waals surface area contributed by atoms with Crippen LogP contribution in [-0.4, -0.2) is 6.54 Å². The molecule has 3 aliphatic carbocycles. The first-order valence-electron chi connectivity index (χ1n) is 7.10. The molecule has 1 aromatic carbocycles. The molecule has 1 nitrogen and oxygen atoms in total. The summed E-state index contributed by atoms with van der Waals surface area (Å²) in [6.07, 6.45) is 7.46. The molecule has 0 atom stereocenters. The lowest BCUT2D eigenvalue weighted by molar-refractivity contribution is 0.0651. The highest BCUT2D eigenvalue weighted by Gasteiger charge is 2.37. The maximum atomic E-state index is 3.55. The molecule has 0 aromatic heterocycles. The van der Waals surface area contributed by atoms with E-state index in [0.717, 1.165) is 24.3 Å². The number of aryl methyl sites for hydroxylation is 1. The Kier molecular flexibility index (Phi) is 3.09. The third kappa shape index (κ3) is 2.65. The summed E-state index contributed by atoms with van der Waals surface area (Å²) in [5, 5.41) is 3.55. The quantitative estimate of drug-likeness (QED) is 0.814. The van der Waals surface area contributed by atoms with Crippen LogP contribution in [0, 0.1) is 24.7 Å². The Morgan fingerprint density at radius 1 is 1.00 bits per heavy atom. The molecule has 0 spiro atoms. The smallest absolute Gasteiger partial charge is 0.0340 e. The van der Waals surface area contributed by atoms with Crippen molar-refractivity contribution in [3.05, 3.63) is 29.8 Å². The Hall–Kier alpha value is -0.980. The van der Waals surface area contributed by atoms with E-state index < -0.39 is 0 Å². The van der Waals surface area contributed by atoms with Gasteiger partial charge in [-0.15, -0.1) is 0 Å². The molecule has 3 saturated carbocycles. The van der Waals surface area contributed by atoms with Crippen molar-refractivity contribution < 1.29 is 0 Å². The number of benzene rings is 1. The van der Waals surface area contributed by atoms with E-state index in [4.69, 9.17) is 0 Å². The highest BCUT2D eigenvalue weighted by Crippen LogP contribution is 2.48. The average Bonchev–Trinajstić information content (AvgIpc) is 2.31. The molecule has 1 N–H and O–H groups in total. The van der Waals surface area contributed by atoms with Crippen molar-refractivity contribution in [1.29, 1.82) is 0 Å². The fourth-order valence-corrected chi connectivity index (χ4v) is 3.63. The van der Waals surface area contributed by atoms with Gasteiger partial charge in [0.15, 0.2) is 0 Å². The Balaban J connectivity index is 1.41. The largest absolute Gasteiger partial charge is 0.385 e. The third-order valence-corrected chi connectivity index (χ3v) is 4.60. The lowest BCUT2D eigenvalue weighted by atomic mass is 9.61. The first-order chi connectivity index (χ1) is 8.29. The van der Waals surface area contributed by atoms with Gasteiger partial charge in [0.05, 0.1) is 0 Å². The van der Waals surface area contributed by atoms with Gasteiger partial charge >= 0.3 is 0 Å². The van der Waals surface area contributed by atoms with Crippen molar-refractivity contribution in [2.45, 2.75) is 39.0 Å². The molecular weight excluding hydrogens is 206 g/mol. The van der Waals surface area contributed by atoms with E-state index in [1.165, 1.54) is 30.5 Å². The van der Waals surface area contributed by atoms with Crippen LogP contribution in [0.4, 0.5) is 5.69 Å². The van der Waals surface area contributed by atoms with E-state index in [0.29, 0.717) is 0 Å².